The number of nitrogens with zero attached hydrogens (tertiary/aromatic N) is 7. The number of fused-ring (bicyclic) bond motifs is 1. The van der Waals surface area contributed by atoms with E-state index in [2.05, 4.69) is 36.9 Å². The largest absolute Gasteiger partial charge is 0.505 e. The molecule has 0 saturated heterocycles. The van der Waals surface area contributed by atoms with Gasteiger partial charge in [-0.3, -0.25) is 4.79 Å². The number of benzene rings is 4. The smallest absolute Gasteiger partial charge is 0.260 e. The number of amides is 1. The van der Waals surface area contributed by atoms with Crippen LogP contribution in [0.3, 0.4) is 0 Å². The first kappa shape index (κ1) is 24.6. The highest BCUT2D eigenvalue weighted by Gasteiger charge is 2.21. The van der Waals surface area contributed by atoms with Gasteiger partial charge in [-0.2, -0.15) is 15.0 Å². The fraction of sp³-hybridized carbons (Fsp3) is 0. The second-order valence-corrected chi connectivity index (χ2v) is 9.48. The molecule has 4 aromatic carbocycles. The summed E-state index contributed by atoms with van der Waals surface area (Å²) in [6.45, 7) is 0. The zero-order chi connectivity index (χ0) is 27.5. The number of phenols is 1. The van der Waals surface area contributed by atoms with Crippen LogP contribution in [-0.2, 0) is 0 Å². The first-order valence-corrected chi connectivity index (χ1v) is 12.8. The van der Waals surface area contributed by atoms with Crippen molar-refractivity contribution in [3.63, 3.8) is 0 Å². The van der Waals surface area contributed by atoms with Gasteiger partial charge in [-0.05, 0) is 29.0 Å². The standard InChI is InChI=1S/C29H18N8O2S/c30-16-20-17-31-37(29-36-35-28(40-29)18-9-3-1-4-10-18)26(20)34-33-23-15-19-11-7-8-14-22(19)24(25(23)38)27(39)32-21-12-5-2-6-13-21/h1-15,17,38H,(H,32,39). The lowest BCUT2D eigenvalue weighted by molar-refractivity contribution is 0.102. The Hall–Kier alpha value is -5.73. The number of carbonyl (C=O) groups is 1. The van der Waals surface area contributed by atoms with E-state index >= 15 is 0 Å². The lowest BCUT2D eigenvalue weighted by Gasteiger charge is -2.12. The Labute approximate surface area is 231 Å². The molecule has 2 N–H and O–H groups in total. The zero-order valence-corrected chi connectivity index (χ0v) is 21.4. The third kappa shape index (κ3) is 4.66. The molecule has 0 fully saturated rings. The van der Waals surface area contributed by atoms with Crippen LogP contribution in [0.15, 0.2) is 107 Å². The Morgan fingerprint density at radius 3 is 2.45 bits per heavy atom. The topological polar surface area (TPSA) is 141 Å². The third-order valence-electron chi connectivity index (χ3n) is 5.99. The van der Waals surface area contributed by atoms with Crippen LogP contribution in [0.25, 0.3) is 26.5 Å². The number of nitrogens with one attached hydrogen (secondary N) is 1. The van der Waals surface area contributed by atoms with Gasteiger partial charge < -0.3 is 10.4 Å². The van der Waals surface area contributed by atoms with Gasteiger partial charge in [-0.25, -0.2) is 0 Å². The number of rotatable bonds is 6. The SMILES string of the molecule is N#Cc1cnn(-c2nnc(-c3ccccc3)s2)c1N=Nc1cc2ccccc2c(C(=O)Nc2ccccc2)c1O. The second kappa shape index (κ2) is 10.6. The van der Waals surface area contributed by atoms with Crippen molar-refractivity contribution in [2.24, 2.45) is 10.2 Å². The summed E-state index contributed by atoms with van der Waals surface area (Å²) >= 11 is 1.28. The van der Waals surface area contributed by atoms with Crippen LogP contribution in [0.2, 0.25) is 0 Å². The molecule has 0 unspecified atom stereocenters. The average molecular weight is 543 g/mol. The first-order chi connectivity index (χ1) is 19.6. The van der Waals surface area contributed by atoms with Crippen LogP contribution in [0.1, 0.15) is 15.9 Å². The normalized spacial score (nSPS) is 11.1. The van der Waals surface area contributed by atoms with Crippen molar-refractivity contribution < 1.29 is 9.90 Å². The van der Waals surface area contributed by atoms with Gasteiger partial charge in [-0.1, -0.05) is 84.1 Å². The van der Waals surface area contributed by atoms with E-state index in [9.17, 15) is 15.2 Å². The molecular formula is C29H18N8O2S. The van der Waals surface area contributed by atoms with E-state index in [1.165, 1.54) is 22.2 Å². The van der Waals surface area contributed by atoms with Gasteiger partial charge in [0.2, 0.25) is 5.13 Å². The Balaban J connectivity index is 1.40. The van der Waals surface area contributed by atoms with Gasteiger partial charge in [0.05, 0.1) is 11.8 Å². The molecular weight excluding hydrogens is 524 g/mol. The number of nitriles is 1. The molecule has 0 atom stereocenters. The Morgan fingerprint density at radius 2 is 1.68 bits per heavy atom. The number of carbonyl (C=O) groups excluding carboxylic acids is 1. The van der Waals surface area contributed by atoms with E-state index in [0.717, 1.165) is 5.56 Å². The third-order valence-corrected chi connectivity index (χ3v) is 6.94. The predicted octanol–water partition coefficient (Wildman–Crippen LogP) is 6.79. The quantitative estimate of drug-likeness (QED) is 0.222. The molecule has 1 amide bonds. The Bertz CT molecular complexity index is 1920. The molecule has 0 radical (unpaired) electrons. The summed E-state index contributed by atoms with van der Waals surface area (Å²) in [4.78, 5) is 13.3. The summed E-state index contributed by atoms with van der Waals surface area (Å²) < 4.78 is 1.37. The summed E-state index contributed by atoms with van der Waals surface area (Å²) in [5.41, 5.74) is 1.74. The molecule has 2 aromatic heterocycles. The van der Waals surface area contributed by atoms with Crippen molar-refractivity contribution in [2.75, 3.05) is 5.32 Å². The number of para-hydroxylation sites is 1. The van der Waals surface area contributed by atoms with E-state index in [1.54, 1.807) is 42.5 Å². The fourth-order valence-electron chi connectivity index (χ4n) is 4.10. The van der Waals surface area contributed by atoms with Gasteiger partial charge in [0.25, 0.3) is 5.91 Å². The lowest BCUT2D eigenvalue weighted by atomic mass is 10.0. The van der Waals surface area contributed by atoms with Gasteiger partial charge in [-0.15, -0.1) is 20.4 Å². The summed E-state index contributed by atoms with van der Waals surface area (Å²) in [6.07, 6.45) is 1.36. The highest BCUT2D eigenvalue weighted by molar-refractivity contribution is 7.17. The van der Waals surface area contributed by atoms with E-state index in [-0.39, 0.29) is 28.4 Å². The molecule has 0 spiro atoms. The van der Waals surface area contributed by atoms with Crippen LogP contribution < -0.4 is 5.32 Å². The summed E-state index contributed by atoms with van der Waals surface area (Å²) in [7, 11) is 0. The molecule has 0 aliphatic rings. The predicted molar refractivity (Wildman–Crippen MR) is 151 cm³/mol. The van der Waals surface area contributed by atoms with Crippen LogP contribution in [0.5, 0.6) is 5.75 Å². The second-order valence-electron chi connectivity index (χ2n) is 8.52. The molecule has 6 aromatic rings. The minimum Gasteiger partial charge on any atom is -0.505 e. The molecule has 11 heteroatoms. The molecule has 192 valence electrons. The van der Waals surface area contributed by atoms with Crippen molar-refractivity contribution in [1.29, 1.82) is 5.26 Å². The van der Waals surface area contributed by atoms with E-state index in [0.29, 0.717) is 26.6 Å². The average Bonchev–Trinajstić information content (AvgIpc) is 3.64. The van der Waals surface area contributed by atoms with Gasteiger partial charge in [0, 0.05) is 11.3 Å². The molecule has 0 aliphatic carbocycles. The van der Waals surface area contributed by atoms with Crippen LogP contribution in [-0.4, -0.2) is 31.0 Å². The van der Waals surface area contributed by atoms with Crippen molar-refractivity contribution in [3.05, 3.63) is 108 Å². The highest BCUT2D eigenvalue weighted by Crippen LogP contribution is 2.39. The Morgan fingerprint density at radius 1 is 0.950 bits per heavy atom. The molecule has 0 aliphatic heterocycles. The molecule has 2 heterocycles. The highest BCUT2D eigenvalue weighted by atomic mass is 32.1. The van der Waals surface area contributed by atoms with Gasteiger partial charge in [0.15, 0.2) is 11.6 Å². The van der Waals surface area contributed by atoms with Crippen LogP contribution in [0, 0.1) is 11.3 Å². The number of aromatic hydroxyl groups is 1. The summed E-state index contributed by atoms with van der Waals surface area (Å²) in [6, 6.07) is 29.3. The van der Waals surface area contributed by atoms with E-state index in [1.807, 2.05) is 48.5 Å². The number of hydrogen-bond donors (Lipinski definition) is 2. The summed E-state index contributed by atoms with van der Waals surface area (Å²) in [5.74, 6) is -0.731. The molecule has 6 rings (SSSR count). The first-order valence-electron chi connectivity index (χ1n) is 12.0. The van der Waals surface area contributed by atoms with Gasteiger partial charge in [0.1, 0.15) is 22.3 Å². The van der Waals surface area contributed by atoms with Crippen molar-refractivity contribution >= 4 is 45.2 Å². The minimum atomic E-state index is -0.498. The van der Waals surface area contributed by atoms with Gasteiger partial charge >= 0.3 is 0 Å². The van der Waals surface area contributed by atoms with Crippen molar-refractivity contribution in [3.8, 4) is 27.5 Å². The zero-order valence-electron chi connectivity index (χ0n) is 20.6. The number of phenolic OH excluding ortho intramolecular Hbond substituents is 1. The molecule has 0 saturated carbocycles. The molecule has 10 nitrogen and oxygen atoms in total. The van der Waals surface area contributed by atoms with Crippen LogP contribution in [0.4, 0.5) is 17.2 Å². The number of aromatic nitrogens is 4. The molecule has 40 heavy (non-hydrogen) atoms. The van der Waals surface area contributed by atoms with E-state index in [4.69, 9.17) is 0 Å². The maximum Gasteiger partial charge on any atom is 0.260 e. The monoisotopic (exact) mass is 542 g/mol. The maximum absolute atomic E-state index is 13.3. The molecule has 0 bridgehead atoms. The van der Waals surface area contributed by atoms with E-state index < -0.39 is 5.91 Å². The number of azo groups is 1. The fourth-order valence-corrected chi connectivity index (χ4v) is 4.91. The number of hydrogen-bond acceptors (Lipinski definition) is 9. The minimum absolute atomic E-state index is 0.0517. The van der Waals surface area contributed by atoms with Crippen molar-refractivity contribution in [1.82, 2.24) is 20.0 Å². The number of anilines is 1. The summed E-state index contributed by atoms with van der Waals surface area (Å²) in [5, 5.41) is 47.2. The maximum atomic E-state index is 13.3. The Kier molecular flexibility index (Phi) is 6.50. The van der Waals surface area contributed by atoms with Crippen molar-refractivity contribution in [2.45, 2.75) is 0 Å². The lowest BCUT2D eigenvalue weighted by Crippen LogP contribution is -2.12. The van der Waals surface area contributed by atoms with Crippen LogP contribution >= 0.6 is 11.3 Å².